The van der Waals surface area contributed by atoms with Crippen LogP contribution in [-0.4, -0.2) is 38.7 Å². The Bertz CT molecular complexity index is 1040. The molecule has 1 amide bonds. The van der Waals surface area contributed by atoms with E-state index in [1.165, 1.54) is 18.4 Å². The number of nitrogens with zero attached hydrogens (tertiary/aromatic N) is 4. The lowest BCUT2D eigenvalue weighted by atomic mass is 9.98. The number of hydrogen-bond donors (Lipinski definition) is 0. The molecule has 1 aliphatic heterocycles. The highest BCUT2D eigenvalue weighted by molar-refractivity contribution is 6.06. The first-order valence-corrected chi connectivity index (χ1v) is 10.8. The Kier molecular flexibility index (Phi) is 4.61. The Morgan fingerprint density at radius 2 is 1.83 bits per heavy atom. The highest BCUT2D eigenvalue weighted by Crippen LogP contribution is 2.40. The van der Waals surface area contributed by atoms with Gasteiger partial charge in [0.15, 0.2) is 5.65 Å². The molecule has 0 atom stereocenters. The number of hydrogen-bond acceptors (Lipinski definition) is 3. The van der Waals surface area contributed by atoms with Gasteiger partial charge in [0.2, 0.25) is 0 Å². The van der Waals surface area contributed by atoms with Crippen LogP contribution in [0.3, 0.4) is 0 Å². The van der Waals surface area contributed by atoms with Crippen molar-refractivity contribution in [3.63, 3.8) is 0 Å². The minimum absolute atomic E-state index is 0.147. The van der Waals surface area contributed by atoms with Crippen LogP contribution in [0, 0.1) is 12.8 Å². The molecule has 5 rings (SSSR count). The minimum atomic E-state index is 0.147. The predicted molar refractivity (Wildman–Crippen MR) is 114 cm³/mol. The van der Waals surface area contributed by atoms with E-state index in [2.05, 4.69) is 25.1 Å². The van der Waals surface area contributed by atoms with Gasteiger partial charge in [-0.2, -0.15) is 5.10 Å². The fourth-order valence-corrected chi connectivity index (χ4v) is 4.38. The summed E-state index contributed by atoms with van der Waals surface area (Å²) in [5, 5.41) is 5.71. The maximum atomic E-state index is 13.5. The van der Waals surface area contributed by atoms with Gasteiger partial charge in [0.05, 0.1) is 23.2 Å². The van der Waals surface area contributed by atoms with Gasteiger partial charge in [-0.1, -0.05) is 37.3 Å². The molecule has 0 unspecified atom stereocenters. The molecule has 29 heavy (non-hydrogen) atoms. The molecule has 0 spiro atoms. The van der Waals surface area contributed by atoms with Crippen LogP contribution in [0.15, 0.2) is 36.4 Å². The predicted octanol–water partition coefficient (Wildman–Crippen LogP) is 4.54. The fourth-order valence-electron chi connectivity index (χ4n) is 4.38. The standard InChI is InChI=1S/C24H28N4O/c1-16-10-12-27(13-11-16)24(29)20-14-21(19-8-9-19)25-23-22(20)17(2)26-28(23)15-18-6-4-3-5-7-18/h3-7,14,16,19H,8-13,15H2,1-2H3. The molecule has 2 fully saturated rings. The van der Waals surface area contributed by atoms with Crippen molar-refractivity contribution < 1.29 is 4.79 Å². The van der Waals surface area contributed by atoms with Crippen molar-refractivity contribution in [3.8, 4) is 0 Å². The highest BCUT2D eigenvalue weighted by Gasteiger charge is 2.30. The van der Waals surface area contributed by atoms with E-state index in [0.717, 1.165) is 53.9 Å². The third-order valence-electron chi connectivity index (χ3n) is 6.37. The summed E-state index contributed by atoms with van der Waals surface area (Å²) in [6.45, 7) is 6.63. The molecule has 2 aromatic heterocycles. The molecule has 0 N–H and O–H groups in total. The Morgan fingerprint density at radius 3 is 2.52 bits per heavy atom. The average molecular weight is 389 g/mol. The number of rotatable bonds is 4. The Morgan fingerprint density at radius 1 is 1.10 bits per heavy atom. The van der Waals surface area contributed by atoms with E-state index in [0.29, 0.717) is 18.4 Å². The van der Waals surface area contributed by atoms with E-state index in [1.807, 2.05) is 34.7 Å². The molecule has 0 bridgehead atoms. The molecule has 5 heteroatoms. The number of carbonyl (C=O) groups is 1. The van der Waals surface area contributed by atoms with Crippen LogP contribution in [0.1, 0.15) is 65.8 Å². The summed E-state index contributed by atoms with van der Waals surface area (Å²) in [7, 11) is 0. The molecule has 3 heterocycles. The second-order valence-corrected chi connectivity index (χ2v) is 8.77. The number of benzene rings is 1. The second kappa shape index (κ2) is 7.29. The van der Waals surface area contributed by atoms with Gasteiger partial charge in [0.1, 0.15) is 0 Å². The van der Waals surface area contributed by atoms with Crippen molar-refractivity contribution in [1.82, 2.24) is 19.7 Å². The number of amides is 1. The minimum Gasteiger partial charge on any atom is -0.339 e. The van der Waals surface area contributed by atoms with E-state index < -0.39 is 0 Å². The monoisotopic (exact) mass is 388 g/mol. The lowest BCUT2D eigenvalue weighted by molar-refractivity contribution is 0.0699. The molecule has 3 aromatic rings. The molecular formula is C24H28N4O. The maximum absolute atomic E-state index is 13.5. The first kappa shape index (κ1) is 18.3. The van der Waals surface area contributed by atoms with Crippen LogP contribution in [-0.2, 0) is 6.54 Å². The molecular weight excluding hydrogens is 360 g/mol. The second-order valence-electron chi connectivity index (χ2n) is 8.77. The van der Waals surface area contributed by atoms with Crippen LogP contribution in [0.5, 0.6) is 0 Å². The van der Waals surface area contributed by atoms with Crippen molar-refractivity contribution in [1.29, 1.82) is 0 Å². The Hall–Kier alpha value is -2.69. The number of fused-ring (bicyclic) bond motifs is 1. The Balaban J connectivity index is 1.59. The number of likely N-dealkylation sites (tertiary alicyclic amines) is 1. The molecule has 5 nitrogen and oxygen atoms in total. The molecule has 0 radical (unpaired) electrons. The van der Waals surface area contributed by atoms with Crippen LogP contribution >= 0.6 is 0 Å². The van der Waals surface area contributed by atoms with Crippen LogP contribution in [0.4, 0.5) is 0 Å². The normalized spacial score (nSPS) is 17.8. The smallest absolute Gasteiger partial charge is 0.254 e. The third kappa shape index (κ3) is 3.54. The summed E-state index contributed by atoms with van der Waals surface area (Å²) in [5.74, 6) is 1.34. The highest BCUT2D eigenvalue weighted by atomic mass is 16.2. The summed E-state index contributed by atoms with van der Waals surface area (Å²) in [6.07, 6.45) is 4.50. The number of aromatic nitrogens is 3. The van der Waals surface area contributed by atoms with Gasteiger partial charge in [-0.15, -0.1) is 0 Å². The van der Waals surface area contributed by atoms with Gasteiger partial charge in [-0.3, -0.25) is 4.79 Å². The van der Waals surface area contributed by atoms with E-state index in [-0.39, 0.29) is 5.91 Å². The van der Waals surface area contributed by atoms with Crippen LogP contribution in [0.2, 0.25) is 0 Å². The van der Waals surface area contributed by atoms with Crippen LogP contribution in [0.25, 0.3) is 11.0 Å². The average Bonchev–Trinajstić information content (AvgIpc) is 3.54. The van der Waals surface area contributed by atoms with Gasteiger partial charge >= 0.3 is 0 Å². The largest absolute Gasteiger partial charge is 0.339 e. The summed E-state index contributed by atoms with van der Waals surface area (Å²) in [6, 6.07) is 12.4. The zero-order valence-electron chi connectivity index (χ0n) is 17.3. The summed E-state index contributed by atoms with van der Waals surface area (Å²) in [4.78, 5) is 20.5. The molecule has 1 saturated heterocycles. The van der Waals surface area contributed by atoms with E-state index in [1.54, 1.807) is 0 Å². The van der Waals surface area contributed by atoms with E-state index in [4.69, 9.17) is 10.1 Å². The van der Waals surface area contributed by atoms with E-state index in [9.17, 15) is 4.79 Å². The SMILES string of the molecule is Cc1nn(Cc2ccccc2)c2nc(C3CC3)cc(C(=O)N3CCC(C)CC3)c12. The van der Waals surface area contributed by atoms with Crippen molar-refractivity contribution in [2.75, 3.05) is 13.1 Å². The summed E-state index contributed by atoms with van der Waals surface area (Å²) < 4.78 is 1.97. The van der Waals surface area contributed by atoms with Crippen molar-refractivity contribution >= 4 is 16.9 Å². The number of carbonyl (C=O) groups excluding carboxylic acids is 1. The number of piperidine rings is 1. The van der Waals surface area contributed by atoms with Crippen molar-refractivity contribution in [2.24, 2.45) is 5.92 Å². The van der Waals surface area contributed by atoms with Gasteiger partial charge < -0.3 is 4.90 Å². The zero-order valence-corrected chi connectivity index (χ0v) is 17.3. The van der Waals surface area contributed by atoms with Gasteiger partial charge in [-0.25, -0.2) is 9.67 Å². The van der Waals surface area contributed by atoms with Crippen molar-refractivity contribution in [2.45, 2.75) is 52.0 Å². The molecule has 2 aliphatic rings. The van der Waals surface area contributed by atoms with Crippen molar-refractivity contribution in [3.05, 3.63) is 58.9 Å². The fraction of sp³-hybridized carbons (Fsp3) is 0.458. The number of pyridine rings is 1. The molecule has 1 saturated carbocycles. The summed E-state index contributed by atoms with van der Waals surface area (Å²) >= 11 is 0. The van der Waals surface area contributed by atoms with Gasteiger partial charge in [-0.05, 0) is 50.2 Å². The Labute approximate surface area is 171 Å². The third-order valence-corrected chi connectivity index (χ3v) is 6.37. The molecule has 150 valence electrons. The zero-order chi connectivity index (χ0) is 20.0. The lowest BCUT2D eigenvalue weighted by Crippen LogP contribution is -2.38. The maximum Gasteiger partial charge on any atom is 0.254 e. The first-order chi connectivity index (χ1) is 14.1. The van der Waals surface area contributed by atoms with Crippen LogP contribution < -0.4 is 0 Å². The first-order valence-electron chi connectivity index (χ1n) is 10.8. The van der Waals surface area contributed by atoms with Gasteiger partial charge in [0, 0.05) is 24.7 Å². The summed E-state index contributed by atoms with van der Waals surface area (Å²) in [5.41, 5.74) is 4.78. The molecule has 1 aromatic carbocycles. The lowest BCUT2D eigenvalue weighted by Gasteiger charge is -2.30. The van der Waals surface area contributed by atoms with Gasteiger partial charge in [0.25, 0.3) is 5.91 Å². The topological polar surface area (TPSA) is 51.0 Å². The molecule has 1 aliphatic carbocycles. The van der Waals surface area contributed by atoms with E-state index >= 15 is 0 Å². The number of aryl methyl sites for hydroxylation is 1. The quantitative estimate of drug-likeness (QED) is 0.659.